The van der Waals surface area contributed by atoms with Crippen LogP contribution in [0.15, 0.2) is 24.3 Å². The largest absolute Gasteiger partial charge is 0.418 e. The van der Waals surface area contributed by atoms with E-state index in [-0.39, 0.29) is 5.69 Å². The van der Waals surface area contributed by atoms with E-state index in [2.05, 4.69) is 10.2 Å². The Kier molecular flexibility index (Phi) is 5.48. The van der Waals surface area contributed by atoms with Gasteiger partial charge in [-0.3, -0.25) is 4.90 Å². The smallest absolute Gasteiger partial charge is 0.381 e. The summed E-state index contributed by atoms with van der Waals surface area (Å²) < 4.78 is 44.4. The first-order valence-electron chi connectivity index (χ1n) is 8.46. The van der Waals surface area contributed by atoms with Crippen LogP contribution < -0.4 is 5.32 Å². The number of piperazine rings is 1. The van der Waals surface area contributed by atoms with E-state index in [0.717, 1.165) is 45.3 Å². The Morgan fingerprint density at radius 2 is 1.92 bits per heavy atom. The zero-order valence-corrected chi connectivity index (χ0v) is 13.9. The van der Waals surface area contributed by atoms with E-state index in [4.69, 9.17) is 4.74 Å². The summed E-state index contributed by atoms with van der Waals surface area (Å²) in [4.78, 5) is 16.2. The topological polar surface area (TPSA) is 44.8 Å². The maximum absolute atomic E-state index is 13.0. The number of hydrogen-bond acceptors (Lipinski definition) is 3. The van der Waals surface area contributed by atoms with Crippen molar-refractivity contribution >= 4 is 11.7 Å². The van der Waals surface area contributed by atoms with Gasteiger partial charge >= 0.3 is 12.2 Å². The van der Waals surface area contributed by atoms with Gasteiger partial charge in [0.15, 0.2) is 0 Å². The van der Waals surface area contributed by atoms with Crippen molar-refractivity contribution in [3.63, 3.8) is 0 Å². The van der Waals surface area contributed by atoms with Crippen molar-refractivity contribution in [2.24, 2.45) is 5.92 Å². The molecule has 2 aliphatic rings. The van der Waals surface area contributed by atoms with Gasteiger partial charge in [0.05, 0.1) is 17.9 Å². The minimum absolute atomic E-state index is 0.203. The fraction of sp³-hybridized carbons (Fsp3) is 0.588. The third-order valence-corrected chi connectivity index (χ3v) is 4.67. The van der Waals surface area contributed by atoms with Crippen molar-refractivity contribution < 1.29 is 22.7 Å². The third kappa shape index (κ3) is 4.64. The van der Waals surface area contributed by atoms with Crippen LogP contribution in [0.5, 0.6) is 0 Å². The molecule has 1 N–H and O–H groups in total. The average molecular weight is 357 g/mol. The number of rotatable bonds is 3. The first kappa shape index (κ1) is 18.0. The van der Waals surface area contributed by atoms with Crippen LogP contribution >= 0.6 is 0 Å². The van der Waals surface area contributed by atoms with E-state index in [1.54, 1.807) is 4.90 Å². The number of para-hydroxylation sites is 1. The Bertz CT molecular complexity index is 595. The Hall–Kier alpha value is -1.80. The molecule has 2 saturated heterocycles. The highest BCUT2D eigenvalue weighted by Gasteiger charge is 2.34. The number of benzene rings is 1. The molecule has 8 heteroatoms. The van der Waals surface area contributed by atoms with Gasteiger partial charge in [0.2, 0.25) is 0 Å². The molecule has 0 bridgehead atoms. The lowest BCUT2D eigenvalue weighted by Gasteiger charge is -2.35. The Morgan fingerprint density at radius 3 is 2.56 bits per heavy atom. The molecule has 2 aliphatic heterocycles. The summed E-state index contributed by atoms with van der Waals surface area (Å²) in [7, 11) is 0. The minimum Gasteiger partial charge on any atom is -0.381 e. The second-order valence-electron chi connectivity index (χ2n) is 6.49. The molecule has 25 heavy (non-hydrogen) atoms. The lowest BCUT2D eigenvalue weighted by molar-refractivity contribution is -0.136. The van der Waals surface area contributed by atoms with Crippen LogP contribution in [0.2, 0.25) is 0 Å². The quantitative estimate of drug-likeness (QED) is 0.905. The molecular weight excluding hydrogens is 335 g/mol. The SMILES string of the molecule is O=C(Nc1ccccc1C(F)(F)F)N1CCN(CC2CCOC2)CC1. The van der Waals surface area contributed by atoms with E-state index >= 15 is 0 Å². The summed E-state index contributed by atoms with van der Waals surface area (Å²) >= 11 is 0. The number of urea groups is 1. The number of amides is 2. The van der Waals surface area contributed by atoms with Gasteiger partial charge in [-0.15, -0.1) is 0 Å². The van der Waals surface area contributed by atoms with Gasteiger partial charge in [-0.05, 0) is 24.5 Å². The van der Waals surface area contributed by atoms with Crippen LogP contribution in [-0.4, -0.2) is 61.8 Å². The van der Waals surface area contributed by atoms with E-state index in [1.165, 1.54) is 18.2 Å². The van der Waals surface area contributed by atoms with Gasteiger partial charge in [0.25, 0.3) is 0 Å². The predicted molar refractivity (Wildman–Crippen MR) is 87.4 cm³/mol. The number of nitrogens with zero attached hydrogens (tertiary/aromatic N) is 2. The lowest BCUT2D eigenvalue weighted by Crippen LogP contribution is -2.51. The molecule has 0 radical (unpaired) electrons. The van der Waals surface area contributed by atoms with Crippen molar-refractivity contribution in [3.8, 4) is 0 Å². The molecule has 0 spiro atoms. The monoisotopic (exact) mass is 357 g/mol. The maximum atomic E-state index is 13.0. The number of halogens is 3. The number of hydrogen-bond donors (Lipinski definition) is 1. The van der Waals surface area contributed by atoms with Crippen LogP contribution in [0.25, 0.3) is 0 Å². The molecule has 1 unspecified atom stereocenters. The molecule has 0 aliphatic carbocycles. The summed E-state index contributed by atoms with van der Waals surface area (Å²) in [6.07, 6.45) is -3.43. The normalized spacial score (nSPS) is 22.2. The lowest BCUT2D eigenvalue weighted by atomic mass is 10.1. The minimum atomic E-state index is -4.49. The van der Waals surface area contributed by atoms with Crippen molar-refractivity contribution in [3.05, 3.63) is 29.8 Å². The fourth-order valence-corrected chi connectivity index (χ4v) is 3.26. The predicted octanol–water partition coefficient (Wildman–Crippen LogP) is 2.89. The number of anilines is 1. The van der Waals surface area contributed by atoms with Crippen LogP contribution in [0.3, 0.4) is 0 Å². The van der Waals surface area contributed by atoms with E-state index in [1.807, 2.05) is 0 Å². The molecule has 5 nitrogen and oxygen atoms in total. The maximum Gasteiger partial charge on any atom is 0.418 e. The van der Waals surface area contributed by atoms with E-state index in [9.17, 15) is 18.0 Å². The Morgan fingerprint density at radius 1 is 1.20 bits per heavy atom. The molecule has 1 atom stereocenters. The second kappa shape index (κ2) is 7.61. The number of carbonyl (C=O) groups is 1. The molecule has 2 fully saturated rings. The Balaban J connectivity index is 1.53. The molecule has 1 aromatic carbocycles. The van der Waals surface area contributed by atoms with Crippen molar-refractivity contribution in [2.45, 2.75) is 12.6 Å². The average Bonchev–Trinajstić information content (AvgIpc) is 3.08. The molecule has 138 valence electrons. The molecule has 0 saturated carbocycles. The van der Waals surface area contributed by atoms with Crippen LogP contribution in [0.1, 0.15) is 12.0 Å². The zero-order chi connectivity index (χ0) is 17.9. The standard InChI is InChI=1S/C17H22F3N3O2/c18-17(19,20)14-3-1-2-4-15(14)21-16(24)23-8-6-22(7-9-23)11-13-5-10-25-12-13/h1-4,13H,5-12H2,(H,21,24). The molecule has 2 amide bonds. The molecular formula is C17H22F3N3O2. The molecule has 1 aromatic rings. The summed E-state index contributed by atoms with van der Waals surface area (Å²) in [5.74, 6) is 0.541. The third-order valence-electron chi connectivity index (χ3n) is 4.67. The number of ether oxygens (including phenoxy) is 1. The van der Waals surface area contributed by atoms with Gasteiger partial charge < -0.3 is 15.0 Å². The van der Waals surface area contributed by atoms with Gasteiger partial charge in [-0.1, -0.05) is 12.1 Å². The number of nitrogens with one attached hydrogen (secondary N) is 1. The van der Waals surface area contributed by atoms with Crippen molar-refractivity contribution in [1.82, 2.24) is 9.80 Å². The number of carbonyl (C=O) groups excluding carboxylic acids is 1. The van der Waals surface area contributed by atoms with Crippen molar-refractivity contribution in [2.75, 3.05) is 51.3 Å². The summed E-state index contributed by atoms with van der Waals surface area (Å²) in [6, 6.07) is 4.55. The summed E-state index contributed by atoms with van der Waals surface area (Å²) in [5, 5.41) is 2.40. The van der Waals surface area contributed by atoms with Crippen LogP contribution in [0.4, 0.5) is 23.7 Å². The van der Waals surface area contributed by atoms with E-state index in [0.29, 0.717) is 19.0 Å². The second-order valence-corrected chi connectivity index (χ2v) is 6.49. The van der Waals surface area contributed by atoms with Crippen molar-refractivity contribution in [1.29, 1.82) is 0 Å². The fourth-order valence-electron chi connectivity index (χ4n) is 3.26. The first-order valence-corrected chi connectivity index (χ1v) is 8.46. The summed E-state index contributed by atoms with van der Waals surface area (Å²) in [6.45, 7) is 5.02. The molecule has 3 rings (SSSR count). The van der Waals surface area contributed by atoms with Gasteiger partial charge in [-0.2, -0.15) is 13.2 Å². The highest BCUT2D eigenvalue weighted by molar-refractivity contribution is 5.90. The number of alkyl halides is 3. The Labute approximate surface area is 144 Å². The van der Waals surface area contributed by atoms with Gasteiger partial charge in [-0.25, -0.2) is 4.79 Å². The van der Waals surface area contributed by atoms with Gasteiger partial charge in [0, 0.05) is 39.3 Å². The molecule has 0 aromatic heterocycles. The highest BCUT2D eigenvalue weighted by Crippen LogP contribution is 2.34. The van der Waals surface area contributed by atoms with Gasteiger partial charge in [0.1, 0.15) is 0 Å². The highest BCUT2D eigenvalue weighted by atomic mass is 19.4. The molecule has 2 heterocycles. The van der Waals surface area contributed by atoms with Crippen LogP contribution in [-0.2, 0) is 10.9 Å². The first-order chi connectivity index (χ1) is 11.9. The zero-order valence-electron chi connectivity index (χ0n) is 13.9. The van der Waals surface area contributed by atoms with Crippen LogP contribution in [0, 0.1) is 5.92 Å². The van der Waals surface area contributed by atoms with E-state index < -0.39 is 17.8 Å². The summed E-state index contributed by atoms with van der Waals surface area (Å²) in [5.41, 5.74) is -1.03.